The second-order valence-electron chi connectivity index (χ2n) is 2.29. The van der Waals surface area contributed by atoms with Gasteiger partial charge in [-0.3, -0.25) is 4.79 Å². The Morgan fingerprint density at radius 1 is 1.69 bits per heavy atom. The maximum atomic E-state index is 11.2. The summed E-state index contributed by atoms with van der Waals surface area (Å²) in [7, 11) is -3.76. The van der Waals surface area contributed by atoms with Crippen molar-refractivity contribution < 1.29 is 17.7 Å². The lowest BCUT2D eigenvalue weighted by atomic mass is 10.4. The zero-order valence-electron chi connectivity index (χ0n) is 6.85. The fraction of sp³-hybridized carbons (Fsp3) is 0.333. The molecule has 0 atom stereocenters. The van der Waals surface area contributed by atoms with Gasteiger partial charge in [-0.2, -0.15) is 0 Å². The van der Waals surface area contributed by atoms with Gasteiger partial charge in [0.25, 0.3) is 5.12 Å². The number of carbonyl (C=O) groups excluding carboxylic acids is 1. The molecule has 0 spiro atoms. The molecule has 72 valence electrons. The summed E-state index contributed by atoms with van der Waals surface area (Å²) < 4.78 is 26.5. The van der Waals surface area contributed by atoms with E-state index in [2.05, 4.69) is 9.68 Å². The third-order valence-electron chi connectivity index (χ3n) is 1.48. The number of rotatable bonds is 2. The largest absolute Gasteiger partial charge is 0.367 e. The molecule has 0 aliphatic rings. The van der Waals surface area contributed by atoms with E-state index in [1.165, 1.54) is 6.92 Å². The highest BCUT2D eigenvalue weighted by atomic mass is 32.2. The molecule has 6 nitrogen and oxygen atoms in total. The lowest BCUT2D eigenvalue weighted by Crippen LogP contribution is -2.17. The van der Waals surface area contributed by atoms with Gasteiger partial charge < -0.3 is 10.3 Å². The van der Waals surface area contributed by atoms with Crippen molar-refractivity contribution in [3.05, 3.63) is 11.8 Å². The number of sulfone groups is 1. The first-order valence-corrected chi connectivity index (χ1v) is 5.11. The summed E-state index contributed by atoms with van der Waals surface area (Å²) in [5, 5.41) is 2.16. The van der Waals surface area contributed by atoms with Gasteiger partial charge in [0.2, 0.25) is 15.7 Å². The Labute approximate surface area is 74.6 Å². The van der Waals surface area contributed by atoms with Crippen molar-refractivity contribution in [3.63, 3.8) is 0 Å². The van der Waals surface area contributed by atoms with Crippen LogP contribution in [0.2, 0.25) is 0 Å². The van der Waals surface area contributed by atoms with E-state index in [1.807, 2.05) is 0 Å². The van der Waals surface area contributed by atoms with Gasteiger partial charge in [-0.05, 0) is 0 Å². The van der Waals surface area contributed by atoms with Crippen LogP contribution >= 0.6 is 0 Å². The summed E-state index contributed by atoms with van der Waals surface area (Å²) in [6, 6.07) is 0. The maximum absolute atomic E-state index is 11.2. The first-order chi connectivity index (χ1) is 5.99. The van der Waals surface area contributed by atoms with Crippen LogP contribution in [0.15, 0.2) is 10.7 Å². The smallest absolute Gasteiger partial charge is 0.283 e. The Balaban J connectivity index is 3.14. The van der Waals surface area contributed by atoms with Crippen molar-refractivity contribution in [2.75, 3.05) is 11.5 Å². The topological polar surface area (TPSA) is 103 Å². The number of aromatic nitrogens is 1. The summed E-state index contributed by atoms with van der Waals surface area (Å²) >= 11 is 0. The molecule has 0 saturated heterocycles. The molecule has 0 saturated carbocycles. The average Bonchev–Trinajstić information content (AvgIpc) is 2.50. The minimum Gasteiger partial charge on any atom is -0.367 e. The highest BCUT2D eigenvalue weighted by Crippen LogP contribution is 2.13. The Morgan fingerprint density at radius 2 is 2.31 bits per heavy atom. The predicted octanol–water partition coefficient (Wildman–Crippen LogP) is -0.168. The highest BCUT2D eigenvalue weighted by molar-refractivity contribution is 8.06. The van der Waals surface area contributed by atoms with Gasteiger partial charge in [0, 0.05) is 0 Å². The first kappa shape index (κ1) is 9.72. The Hall–Kier alpha value is -1.37. The van der Waals surface area contributed by atoms with Crippen LogP contribution in [0.1, 0.15) is 17.3 Å². The van der Waals surface area contributed by atoms with E-state index in [0.717, 1.165) is 6.20 Å². The van der Waals surface area contributed by atoms with E-state index < -0.39 is 15.0 Å². The molecule has 0 radical (unpaired) electrons. The predicted molar refractivity (Wildman–Crippen MR) is 44.7 cm³/mol. The van der Waals surface area contributed by atoms with Gasteiger partial charge >= 0.3 is 0 Å². The molecule has 0 aliphatic carbocycles. The maximum Gasteiger partial charge on any atom is 0.283 e. The normalized spacial score (nSPS) is 11.5. The number of nitrogen functional groups attached to an aromatic ring is 1. The van der Waals surface area contributed by atoms with Crippen LogP contribution in [0, 0.1) is 0 Å². The van der Waals surface area contributed by atoms with E-state index >= 15 is 0 Å². The van der Waals surface area contributed by atoms with Crippen LogP contribution < -0.4 is 5.73 Å². The highest BCUT2D eigenvalue weighted by Gasteiger charge is 2.26. The Morgan fingerprint density at radius 3 is 2.69 bits per heavy atom. The molecule has 0 aromatic carbocycles. The molecule has 1 heterocycles. The van der Waals surface area contributed by atoms with Crippen molar-refractivity contribution in [3.8, 4) is 0 Å². The Bertz CT molecular complexity index is 420. The second kappa shape index (κ2) is 3.17. The first-order valence-electron chi connectivity index (χ1n) is 3.46. The molecule has 1 aromatic heterocycles. The standard InChI is InChI=1S/C6H8N2O4S/c1-2-13(10,11)6(9)4-3-8-12-5(4)7/h3H,2,7H2,1H3. The molecule has 0 fully saturated rings. The number of carbonyl (C=O) groups is 1. The fourth-order valence-electron chi connectivity index (χ4n) is 0.701. The molecule has 13 heavy (non-hydrogen) atoms. The molecule has 0 unspecified atom stereocenters. The number of anilines is 1. The van der Waals surface area contributed by atoms with Crippen molar-refractivity contribution in [2.24, 2.45) is 0 Å². The monoisotopic (exact) mass is 204 g/mol. The SMILES string of the molecule is CCS(=O)(=O)C(=O)c1cnoc1N. The van der Waals surface area contributed by atoms with Gasteiger partial charge in [-0.1, -0.05) is 12.1 Å². The van der Waals surface area contributed by atoms with E-state index in [-0.39, 0.29) is 17.2 Å². The van der Waals surface area contributed by atoms with E-state index in [1.54, 1.807) is 0 Å². The lowest BCUT2D eigenvalue weighted by Gasteiger charge is -1.95. The van der Waals surface area contributed by atoms with E-state index in [4.69, 9.17) is 5.73 Å². The molecule has 0 aliphatic heterocycles. The molecule has 1 aromatic rings. The molecule has 0 bridgehead atoms. The van der Waals surface area contributed by atoms with Gasteiger partial charge in [-0.15, -0.1) is 0 Å². The molecule has 1 rings (SSSR count). The third kappa shape index (κ3) is 1.69. The summed E-state index contributed by atoms with van der Waals surface area (Å²) in [5.41, 5.74) is 4.97. The zero-order chi connectivity index (χ0) is 10.1. The Kier molecular flexibility index (Phi) is 2.37. The average molecular weight is 204 g/mol. The van der Waals surface area contributed by atoms with Crippen molar-refractivity contribution in [1.29, 1.82) is 0 Å². The van der Waals surface area contributed by atoms with Crippen LogP contribution in [0.5, 0.6) is 0 Å². The summed E-state index contributed by atoms with van der Waals surface area (Å²) in [4.78, 5) is 11.2. The number of nitrogens with zero attached hydrogens (tertiary/aromatic N) is 1. The third-order valence-corrected chi connectivity index (χ3v) is 3.03. The molecule has 0 amide bonds. The molecule has 2 N–H and O–H groups in total. The molecular formula is C6H8N2O4S. The molecular weight excluding hydrogens is 196 g/mol. The van der Waals surface area contributed by atoms with Crippen LogP contribution in [-0.2, 0) is 9.84 Å². The summed E-state index contributed by atoms with van der Waals surface area (Å²) in [5.74, 6) is -0.543. The van der Waals surface area contributed by atoms with Crippen LogP contribution in [-0.4, -0.2) is 24.4 Å². The quantitative estimate of drug-likeness (QED) is 0.717. The van der Waals surface area contributed by atoms with Gasteiger partial charge in [-0.25, -0.2) is 8.42 Å². The van der Waals surface area contributed by atoms with E-state index in [0.29, 0.717) is 0 Å². The zero-order valence-corrected chi connectivity index (χ0v) is 7.67. The van der Waals surface area contributed by atoms with Gasteiger partial charge in [0.1, 0.15) is 5.56 Å². The van der Waals surface area contributed by atoms with Crippen molar-refractivity contribution >= 4 is 20.8 Å². The van der Waals surface area contributed by atoms with Crippen LogP contribution in [0.3, 0.4) is 0 Å². The summed E-state index contributed by atoms with van der Waals surface area (Å²) in [6.07, 6.45) is 0.991. The fourth-order valence-corrected chi connectivity index (χ4v) is 1.45. The molecule has 7 heteroatoms. The summed E-state index contributed by atoms with van der Waals surface area (Å²) in [6.45, 7) is 1.37. The second-order valence-corrected chi connectivity index (χ2v) is 4.47. The minimum atomic E-state index is -3.76. The van der Waals surface area contributed by atoms with E-state index in [9.17, 15) is 13.2 Å². The number of hydrogen-bond donors (Lipinski definition) is 1. The van der Waals surface area contributed by atoms with Crippen LogP contribution in [0.25, 0.3) is 0 Å². The number of nitrogens with two attached hydrogens (primary N) is 1. The van der Waals surface area contributed by atoms with Gasteiger partial charge in [0.15, 0.2) is 0 Å². The van der Waals surface area contributed by atoms with Crippen LogP contribution in [0.4, 0.5) is 5.88 Å². The van der Waals surface area contributed by atoms with Gasteiger partial charge in [0.05, 0.1) is 11.9 Å². The lowest BCUT2D eigenvalue weighted by molar-refractivity contribution is 0.107. The minimum absolute atomic E-state index is 0.207. The van der Waals surface area contributed by atoms with Crippen molar-refractivity contribution in [2.45, 2.75) is 6.92 Å². The van der Waals surface area contributed by atoms with Crippen molar-refractivity contribution in [1.82, 2.24) is 5.16 Å². The number of hydrogen-bond acceptors (Lipinski definition) is 6.